The van der Waals surface area contributed by atoms with Crippen LogP contribution in [0.3, 0.4) is 0 Å². The van der Waals surface area contributed by atoms with Crippen molar-refractivity contribution in [1.82, 2.24) is 15.1 Å². The van der Waals surface area contributed by atoms with Crippen molar-refractivity contribution in [2.45, 2.75) is 31.6 Å². The van der Waals surface area contributed by atoms with E-state index in [9.17, 15) is 4.79 Å². The first kappa shape index (κ1) is 15.2. The van der Waals surface area contributed by atoms with Crippen LogP contribution >= 0.6 is 11.8 Å². The number of carbonyl (C=O) groups excluding carboxylic acids is 1. The second-order valence-electron chi connectivity index (χ2n) is 5.74. The first-order valence-corrected chi connectivity index (χ1v) is 8.67. The molecule has 0 radical (unpaired) electrons. The van der Waals surface area contributed by atoms with Crippen molar-refractivity contribution in [1.29, 1.82) is 0 Å². The number of carbonyl (C=O) groups is 1. The first-order chi connectivity index (χ1) is 10.6. The van der Waals surface area contributed by atoms with Crippen LogP contribution in [0.15, 0.2) is 36.4 Å². The zero-order valence-electron chi connectivity index (χ0n) is 13.0. The van der Waals surface area contributed by atoms with Gasteiger partial charge >= 0.3 is 0 Å². The summed E-state index contributed by atoms with van der Waals surface area (Å²) < 4.78 is 0. The van der Waals surface area contributed by atoms with Crippen molar-refractivity contribution < 1.29 is 4.79 Å². The maximum atomic E-state index is 12.8. The Balaban J connectivity index is 1.81. The molecule has 1 aromatic carbocycles. The highest BCUT2D eigenvalue weighted by Crippen LogP contribution is 2.36. The number of amides is 1. The van der Waals surface area contributed by atoms with E-state index < -0.39 is 0 Å². The van der Waals surface area contributed by atoms with Gasteiger partial charge in [-0.05, 0) is 18.6 Å². The van der Waals surface area contributed by atoms with Gasteiger partial charge in [-0.25, -0.2) is 0 Å². The van der Waals surface area contributed by atoms with E-state index >= 15 is 0 Å². The van der Waals surface area contributed by atoms with Gasteiger partial charge < -0.3 is 4.90 Å². The van der Waals surface area contributed by atoms with Gasteiger partial charge in [-0.1, -0.05) is 37.3 Å². The zero-order valence-corrected chi connectivity index (χ0v) is 13.8. The predicted octanol–water partition coefficient (Wildman–Crippen LogP) is 2.97. The van der Waals surface area contributed by atoms with E-state index in [0.29, 0.717) is 11.7 Å². The largest absolute Gasteiger partial charge is 0.333 e. The summed E-state index contributed by atoms with van der Waals surface area (Å²) in [6.45, 7) is 4.96. The molecule has 1 aromatic heterocycles. The summed E-state index contributed by atoms with van der Waals surface area (Å²) in [5.41, 5.74) is 3.03. The van der Waals surface area contributed by atoms with Crippen LogP contribution in [0.2, 0.25) is 0 Å². The average molecular weight is 315 g/mol. The van der Waals surface area contributed by atoms with Gasteiger partial charge in [0, 0.05) is 23.2 Å². The highest BCUT2D eigenvalue weighted by Gasteiger charge is 2.33. The summed E-state index contributed by atoms with van der Waals surface area (Å²) >= 11 is 1.94. The fraction of sp³-hybridized carbons (Fsp3) is 0.412. The third-order valence-electron chi connectivity index (χ3n) is 4.05. The Morgan fingerprint density at radius 3 is 2.86 bits per heavy atom. The molecule has 1 fully saturated rings. The van der Waals surface area contributed by atoms with Crippen LogP contribution in [0.4, 0.5) is 0 Å². The van der Waals surface area contributed by atoms with E-state index in [-0.39, 0.29) is 11.9 Å². The summed E-state index contributed by atoms with van der Waals surface area (Å²) in [5, 5.41) is 7.50. The Labute approximate surface area is 135 Å². The lowest BCUT2D eigenvalue weighted by atomic mass is 10.0. The maximum Gasteiger partial charge on any atom is 0.229 e. The van der Waals surface area contributed by atoms with Gasteiger partial charge in [0.1, 0.15) is 0 Å². The van der Waals surface area contributed by atoms with Gasteiger partial charge in [-0.2, -0.15) is 16.9 Å². The minimum Gasteiger partial charge on any atom is -0.333 e. The van der Waals surface area contributed by atoms with Crippen molar-refractivity contribution in [2.75, 3.05) is 12.3 Å². The van der Waals surface area contributed by atoms with Crippen molar-refractivity contribution >= 4 is 17.7 Å². The summed E-state index contributed by atoms with van der Waals surface area (Å²) in [5.74, 6) is 1.16. The molecule has 5 heteroatoms. The number of nitrogens with zero attached hydrogens (tertiary/aromatic N) is 2. The summed E-state index contributed by atoms with van der Waals surface area (Å²) in [4.78, 5) is 14.8. The predicted molar refractivity (Wildman–Crippen MR) is 89.8 cm³/mol. The van der Waals surface area contributed by atoms with Crippen molar-refractivity contribution in [3.8, 4) is 0 Å². The summed E-state index contributed by atoms with van der Waals surface area (Å²) in [6, 6.07) is 12.4. The minimum atomic E-state index is 0.146. The maximum absolute atomic E-state index is 12.8. The number of hydrogen-bond donors (Lipinski definition) is 1. The molecule has 0 bridgehead atoms. The third kappa shape index (κ3) is 3.19. The SMILES string of the molecule is Cc1cc(CC(=O)N2CCS[C@@H](C)[C@@H]2c2ccccc2)n[nH]1. The zero-order chi connectivity index (χ0) is 15.5. The third-order valence-corrected chi connectivity index (χ3v) is 5.25. The highest BCUT2D eigenvalue weighted by atomic mass is 32.2. The molecule has 22 heavy (non-hydrogen) atoms. The topological polar surface area (TPSA) is 49.0 Å². The number of H-pyrrole nitrogens is 1. The normalized spacial score (nSPS) is 21.8. The molecular weight excluding hydrogens is 294 g/mol. The molecule has 0 saturated carbocycles. The fourth-order valence-corrected chi connectivity index (χ4v) is 4.18. The molecule has 4 nitrogen and oxygen atoms in total. The van der Waals surface area contributed by atoms with Crippen LogP contribution in [0.5, 0.6) is 0 Å². The Morgan fingerprint density at radius 1 is 1.41 bits per heavy atom. The van der Waals surface area contributed by atoms with Crippen LogP contribution < -0.4 is 0 Å². The Hall–Kier alpha value is -1.75. The number of benzene rings is 1. The molecule has 116 valence electrons. The number of nitrogens with one attached hydrogen (secondary N) is 1. The Bertz CT molecular complexity index is 640. The van der Waals surface area contributed by atoms with E-state index in [0.717, 1.165) is 23.7 Å². The van der Waals surface area contributed by atoms with E-state index in [4.69, 9.17) is 0 Å². The molecule has 1 aliphatic heterocycles. The molecule has 0 aliphatic carbocycles. The molecular formula is C17H21N3OS. The standard InChI is InChI=1S/C17H21N3OS/c1-12-10-15(19-18-12)11-16(21)20-8-9-22-13(2)17(20)14-6-4-3-5-7-14/h3-7,10,13,17H,8-9,11H2,1-2H3,(H,18,19)/t13-,17+/m0/s1. The Kier molecular flexibility index (Phi) is 4.52. The molecule has 1 saturated heterocycles. The molecule has 3 rings (SSSR count). The number of thioether (sulfide) groups is 1. The van der Waals surface area contributed by atoms with E-state index in [1.54, 1.807) is 0 Å². The number of rotatable bonds is 3. The van der Waals surface area contributed by atoms with Gasteiger partial charge in [-0.15, -0.1) is 0 Å². The smallest absolute Gasteiger partial charge is 0.229 e. The second kappa shape index (κ2) is 6.57. The lowest BCUT2D eigenvalue weighted by molar-refractivity contribution is -0.133. The first-order valence-electron chi connectivity index (χ1n) is 7.62. The van der Waals surface area contributed by atoms with Crippen LogP contribution in [-0.2, 0) is 11.2 Å². The molecule has 1 amide bonds. The van der Waals surface area contributed by atoms with E-state index in [1.165, 1.54) is 5.56 Å². The number of aromatic nitrogens is 2. The van der Waals surface area contributed by atoms with Crippen LogP contribution in [-0.4, -0.2) is 38.6 Å². The fourth-order valence-electron chi connectivity index (χ4n) is 3.02. The monoisotopic (exact) mass is 315 g/mol. The van der Waals surface area contributed by atoms with E-state index in [2.05, 4.69) is 29.3 Å². The van der Waals surface area contributed by atoms with Gasteiger partial charge in [0.2, 0.25) is 5.91 Å². The minimum absolute atomic E-state index is 0.146. The molecule has 0 spiro atoms. The number of aryl methyl sites for hydroxylation is 1. The van der Waals surface area contributed by atoms with Gasteiger partial charge in [0.05, 0.1) is 18.2 Å². The average Bonchev–Trinajstić information content (AvgIpc) is 2.93. The van der Waals surface area contributed by atoms with Gasteiger partial charge in [0.15, 0.2) is 0 Å². The van der Waals surface area contributed by atoms with Crippen molar-refractivity contribution in [3.05, 3.63) is 53.3 Å². The number of aromatic amines is 1. The molecule has 0 unspecified atom stereocenters. The number of hydrogen-bond acceptors (Lipinski definition) is 3. The summed E-state index contributed by atoms with van der Waals surface area (Å²) in [6.07, 6.45) is 0.366. The van der Waals surface area contributed by atoms with Gasteiger partial charge in [0.25, 0.3) is 0 Å². The molecule has 2 atom stereocenters. The molecule has 1 aliphatic rings. The Morgan fingerprint density at radius 2 is 2.18 bits per heavy atom. The van der Waals surface area contributed by atoms with Crippen LogP contribution in [0.25, 0.3) is 0 Å². The molecule has 1 N–H and O–H groups in total. The second-order valence-corrected chi connectivity index (χ2v) is 7.22. The van der Waals surface area contributed by atoms with Gasteiger partial charge in [-0.3, -0.25) is 9.89 Å². The highest BCUT2D eigenvalue weighted by molar-refractivity contribution is 8.00. The lowest BCUT2D eigenvalue weighted by Gasteiger charge is -2.40. The lowest BCUT2D eigenvalue weighted by Crippen LogP contribution is -2.44. The van der Waals surface area contributed by atoms with E-state index in [1.807, 2.05) is 47.9 Å². The van der Waals surface area contributed by atoms with Crippen LogP contribution in [0, 0.1) is 6.92 Å². The molecule has 2 heterocycles. The van der Waals surface area contributed by atoms with Crippen molar-refractivity contribution in [3.63, 3.8) is 0 Å². The van der Waals surface area contributed by atoms with Crippen molar-refractivity contribution in [2.24, 2.45) is 0 Å². The molecule has 2 aromatic rings. The quantitative estimate of drug-likeness (QED) is 0.947. The van der Waals surface area contributed by atoms with Crippen LogP contribution in [0.1, 0.15) is 29.9 Å². The summed E-state index contributed by atoms with van der Waals surface area (Å²) in [7, 11) is 0.